The average Bonchev–Trinajstić information content (AvgIpc) is 2.72. The average molecular weight is 301 g/mol. The molecule has 0 bridgehead atoms. The van der Waals surface area contributed by atoms with Gasteiger partial charge < -0.3 is 10.8 Å². The second-order valence-corrected chi connectivity index (χ2v) is 4.02. The molecule has 1 heterocycles. The first-order chi connectivity index (χ1) is 8.00. The Balaban J connectivity index is 2.64. The highest BCUT2D eigenvalue weighted by Crippen LogP contribution is 2.33. The third-order valence-corrected chi connectivity index (χ3v) is 2.68. The van der Waals surface area contributed by atoms with Gasteiger partial charge in [0.05, 0.1) is 4.47 Å². The zero-order valence-corrected chi connectivity index (χ0v) is 9.82. The lowest BCUT2D eigenvalue weighted by molar-refractivity contribution is 0.0996. The number of aromatic hydroxyl groups is 1. The van der Waals surface area contributed by atoms with E-state index in [9.17, 15) is 14.3 Å². The Morgan fingerprint density at radius 1 is 1.47 bits per heavy atom. The van der Waals surface area contributed by atoms with Crippen molar-refractivity contribution in [2.45, 2.75) is 0 Å². The van der Waals surface area contributed by atoms with E-state index in [-0.39, 0.29) is 27.2 Å². The molecule has 4 N–H and O–H groups in total. The molecular weight excluding hydrogens is 295 g/mol. The number of nitrogens with two attached hydrogens (primary N) is 1. The van der Waals surface area contributed by atoms with Crippen LogP contribution in [0.2, 0.25) is 0 Å². The van der Waals surface area contributed by atoms with Crippen molar-refractivity contribution in [2.75, 3.05) is 0 Å². The van der Waals surface area contributed by atoms with E-state index in [0.29, 0.717) is 0 Å². The van der Waals surface area contributed by atoms with E-state index in [4.69, 9.17) is 5.73 Å². The number of carbonyl (C=O) groups excluding carboxylic acids is 1. The molecule has 2 rings (SSSR count). The van der Waals surface area contributed by atoms with Crippen LogP contribution in [0.4, 0.5) is 4.39 Å². The molecule has 0 atom stereocenters. The standard InChI is InChI=1S/C9H6BrFN4O2/c10-4-2-6(16)3(1-5(4)11)7-8(9(12)17)14-15-13-7/h1-2,16H,(H2,12,17)(H,13,14,15). The molecule has 0 spiro atoms. The van der Waals surface area contributed by atoms with Crippen molar-refractivity contribution in [3.63, 3.8) is 0 Å². The van der Waals surface area contributed by atoms with Crippen LogP contribution in [0.5, 0.6) is 5.75 Å². The van der Waals surface area contributed by atoms with Gasteiger partial charge in [0, 0.05) is 5.56 Å². The summed E-state index contributed by atoms with van der Waals surface area (Å²) in [5.41, 5.74) is 4.94. The second-order valence-electron chi connectivity index (χ2n) is 3.17. The number of nitrogens with zero attached hydrogens (tertiary/aromatic N) is 2. The number of primary amides is 1. The normalized spacial score (nSPS) is 10.5. The highest BCUT2D eigenvalue weighted by atomic mass is 79.9. The summed E-state index contributed by atoms with van der Waals surface area (Å²) in [4.78, 5) is 11.0. The highest BCUT2D eigenvalue weighted by Gasteiger charge is 2.19. The molecule has 0 aliphatic heterocycles. The Morgan fingerprint density at radius 3 is 2.82 bits per heavy atom. The maximum absolute atomic E-state index is 13.4. The number of phenolic OH excluding ortho intramolecular Hbond substituents is 1. The minimum absolute atomic E-state index is 0.00130. The summed E-state index contributed by atoms with van der Waals surface area (Å²) in [6.45, 7) is 0. The van der Waals surface area contributed by atoms with E-state index in [1.165, 1.54) is 0 Å². The number of benzene rings is 1. The van der Waals surface area contributed by atoms with Gasteiger partial charge in [-0.25, -0.2) is 4.39 Å². The summed E-state index contributed by atoms with van der Waals surface area (Å²) in [5.74, 6) is -1.66. The summed E-state index contributed by atoms with van der Waals surface area (Å²) < 4.78 is 13.5. The van der Waals surface area contributed by atoms with E-state index in [1.54, 1.807) is 0 Å². The number of aromatic nitrogens is 3. The van der Waals surface area contributed by atoms with Gasteiger partial charge in [-0.15, -0.1) is 0 Å². The number of hydrogen-bond donors (Lipinski definition) is 3. The van der Waals surface area contributed by atoms with Crippen LogP contribution in [0, 0.1) is 5.82 Å². The third kappa shape index (κ3) is 1.98. The lowest BCUT2D eigenvalue weighted by Gasteiger charge is -2.03. The Hall–Kier alpha value is -1.96. The zero-order chi connectivity index (χ0) is 12.6. The fourth-order valence-corrected chi connectivity index (χ4v) is 1.65. The molecule has 0 unspecified atom stereocenters. The summed E-state index contributed by atoms with van der Waals surface area (Å²) in [5, 5.41) is 19.0. The minimum atomic E-state index is -0.823. The highest BCUT2D eigenvalue weighted by molar-refractivity contribution is 9.10. The topological polar surface area (TPSA) is 105 Å². The number of hydrogen-bond acceptors (Lipinski definition) is 4. The lowest BCUT2D eigenvalue weighted by atomic mass is 10.1. The molecule has 88 valence electrons. The van der Waals surface area contributed by atoms with Crippen molar-refractivity contribution in [3.05, 3.63) is 28.1 Å². The molecule has 0 saturated carbocycles. The Labute approximate surface area is 103 Å². The molecule has 0 radical (unpaired) electrons. The maximum Gasteiger partial charge on any atom is 0.271 e. The monoisotopic (exact) mass is 300 g/mol. The van der Waals surface area contributed by atoms with E-state index < -0.39 is 11.7 Å². The van der Waals surface area contributed by atoms with Gasteiger partial charge in [-0.3, -0.25) is 4.79 Å². The first kappa shape index (κ1) is 11.5. The number of rotatable bonds is 2. The smallest absolute Gasteiger partial charge is 0.271 e. The SMILES string of the molecule is NC(=O)c1n[nH]nc1-c1cc(F)c(Br)cc1O. The summed E-state index contributed by atoms with van der Waals surface area (Å²) >= 11 is 2.92. The summed E-state index contributed by atoms with van der Waals surface area (Å²) in [6.07, 6.45) is 0. The van der Waals surface area contributed by atoms with Crippen LogP contribution >= 0.6 is 15.9 Å². The molecule has 0 saturated heterocycles. The van der Waals surface area contributed by atoms with Gasteiger partial charge in [-0.2, -0.15) is 15.4 Å². The van der Waals surface area contributed by atoms with Crippen molar-refractivity contribution >= 4 is 21.8 Å². The van der Waals surface area contributed by atoms with Crippen molar-refractivity contribution < 1.29 is 14.3 Å². The van der Waals surface area contributed by atoms with Crippen LogP contribution in [-0.4, -0.2) is 26.4 Å². The predicted molar refractivity (Wildman–Crippen MR) is 59.7 cm³/mol. The van der Waals surface area contributed by atoms with E-state index in [1.807, 2.05) is 0 Å². The number of H-pyrrole nitrogens is 1. The van der Waals surface area contributed by atoms with E-state index in [2.05, 4.69) is 31.3 Å². The number of halogens is 2. The predicted octanol–water partition coefficient (Wildman–Crippen LogP) is 1.18. The Bertz CT molecular complexity index is 599. The van der Waals surface area contributed by atoms with E-state index >= 15 is 0 Å². The van der Waals surface area contributed by atoms with Gasteiger partial charge in [0.2, 0.25) is 0 Å². The van der Waals surface area contributed by atoms with Crippen LogP contribution in [0.1, 0.15) is 10.5 Å². The Morgan fingerprint density at radius 2 is 2.18 bits per heavy atom. The zero-order valence-electron chi connectivity index (χ0n) is 8.24. The fraction of sp³-hybridized carbons (Fsp3) is 0. The summed E-state index contributed by atoms with van der Waals surface area (Å²) in [6, 6.07) is 2.19. The molecule has 6 nitrogen and oxygen atoms in total. The van der Waals surface area contributed by atoms with Crippen molar-refractivity contribution in [1.29, 1.82) is 0 Å². The first-order valence-electron chi connectivity index (χ1n) is 4.39. The number of amides is 1. The first-order valence-corrected chi connectivity index (χ1v) is 5.19. The van der Waals surface area contributed by atoms with Gasteiger partial charge in [-0.05, 0) is 28.1 Å². The molecule has 0 aliphatic carbocycles. The van der Waals surface area contributed by atoms with Gasteiger partial charge in [-0.1, -0.05) is 0 Å². The quantitative estimate of drug-likeness (QED) is 0.774. The van der Waals surface area contributed by atoms with Gasteiger partial charge in [0.1, 0.15) is 17.3 Å². The van der Waals surface area contributed by atoms with Crippen LogP contribution in [-0.2, 0) is 0 Å². The number of aromatic amines is 1. The summed E-state index contributed by atoms with van der Waals surface area (Å²) in [7, 11) is 0. The van der Waals surface area contributed by atoms with E-state index in [0.717, 1.165) is 12.1 Å². The number of carbonyl (C=O) groups is 1. The molecule has 1 aromatic carbocycles. The number of nitrogens with one attached hydrogen (secondary N) is 1. The van der Waals surface area contributed by atoms with Crippen LogP contribution in [0.15, 0.2) is 16.6 Å². The molecule has 2 aromatic rings. The van der Waals surface area contributed by atoms with Crippen LogP contribution in [0.25, 0.3) is 11.3 Å². The largest absolute Gasteiger partial charge is 0.507 e. The van der Waals surface area contributed by atoms with Gasteiger partial charge >= 0.3 is 0 Å². The van der Waals surface area contributed by atoms with Crippen molar-refractivity contribution in [1.82, 2.24) is 15.4 Å². The second kappa shape index (κ2) is 4.13. The maximum atomic E-state index is 13.4. The minimum Gasteiger partial charge on any atom is -0.507 e. The molecular formula is C9H6BrFN4O2. The number of phenols is 1. The van der Waals surface area contributed by atoms with Crippen molar-refractivity contribution in [3.8, 4) is 17.0 Å². The molecule has 1 amide bonds. The molecule has 8 heteroatoms. The van der Waals surface area contributed by atoms with Gasteiger partial charge in [0.15, 0.2) is 5.69 Å². The third-order valence-electron chi connectivity index (χ3n) is 2.08. The fourth-order valence-electron chi connectivity index (χ4n) is 1.32. The molecule has 17 heavy (non-hydrogen) atoms. The molecule has 1 aromatic heterocycles. The lowest BCUT2D eigenvalue weighted by Crippen LogP contribution is -2.12. The molecule has 0 aliphatic rings. The Kier molecular flexibility index (Phi) is 2.80. The van der Waals surface area contributed by atoms with Crippen molar-refractivity contribution in [2.24, 2.45) is 5.73 Å². The van der Waals surface area contributed by atoms with Crippen LogP contribution in [0.3, 0.4) is 0 Å². The van der Waals surface area contributed by atoms with Crippen LogP contribution < -0.4 is 5.73 Å². The molecule has 0 fully saturated rings. The van der Waals surface area contributed by atoms with Gasteiger partial charge in [0.25, 0.3) is 5.91 Å².